The van der Waals surface area contributed by atoms with E-state index >= 15 is 0 Å². The fourth-order valence-electron chi connectivity index (χ4n) is 0.237. The molecular formula is C2H10NO3Si+. The highest BCUT2D eigenvalue weighted by Gasteiger charge is 2.25. The summed E-state index contributed by atoms with van der Waals surface area (Å²) in [7, 11) is -3.72. The SMILES string of the molecule is [NH3+]CC[Si](O)(O)O. The van der Waals surface area contributed by atoms with E-state index in [9.17, 15) is 0 Å². The Kier molecular flexibility index (Phi) is 2.41. The average Bonchev–Trinajstić information content (AvgIpc) is 1.30. The highest BCUT2D eigenvalue weighted by Crippen LogP contribution is 1.89. The van der Waals surface area contributed by atoms with Gasteiger partial charge in [0.25, 0.3) is 0 Å². The molecule has 44 valence electrons. The quantitative estimate of drug-likeness (QED) is 0.299. The van der Waals surface area contributed by atoms with Crippen molar-refractivity contribution < 1.29 is 20.1 Å². The first kappa shape index (κ1) is 7.06. The molecule has 7 heavy (non-hydrogen) atoms. The van der Waals surface area contributed by atoms with Crippen molar-refractivity contribution in [2.45, 2.75) is 6.04 Å². The standard InChI is InChI=1S/C2H9NO3Si/c3-1-2-7(4,5)6/h4-6H,1-3H2/p+1. The summed E-state index contributed by atoms with van der Waals surface area (Å²) in [6.45, 7) is 0.371. The molecular weight excluding hydrogens is 114 g/mol. The third kappa shape index (κ3) is 6.06. The van der Waals surface area contributed by atoms with Gasteiger partial charge in [-0.2, -0.15) is 0 Å². The maximum absolute atomic E-state index is 8.23. The Morgan fingerprint density at radius 2 is 1.71 bits per heavy atom. The van der Waals surface area contributed by atoms with Gasteiger partial charge in [-0.1, -0.05) is 0 Å². The van der Waals surface area contributed by atoms with Crippen LogP contribution in [-0.2, 0) is 0 Å². The summed E-state index contributed by atoms with van der Waals surface area (Å²) in [6, 6.07) is 0.0347. The van der Waals surface area contributed by atoms with Gasteiger partial charge in [0.1, 0.15) is 0 Å². The molecule has 0 saturated carbocycles. The zero-order valence-electron chi connectivity index (χ0n) is 3.96. The third-order valence-corrected chi connectivity index (χ3v) is 1.54. The first-order valence-electron chi connectivity index (χ1n) is 2.02. The van der Waals surface area contributed by atoms with Gasteiger partial charge >= 0.3 is 8.80 Å². The van der Waals surface area contributed by atoms with Crippen LogP contribution in [0, 0.1) is 0 Å². The van der Waals surface area contributed by atoms with Gasteiger partial charge in [0.05, 0.1) is 12.6 Å². The van der Waals surface area contributed by atoms with Crippen LogP contribution in [0.2, 0.25) is 6.04 Å². The maximum Gasteiger partial charge on any atom is 0.498 e. The topological polar surface area (TPSA) is 88.3 Å². The molecule has 0 saturated heterocycles. The van der Waals surface area contributed by atoms with Crippen LogP contribution in [-0.4, -0.2) is 29.7 Å². The van der Waals surface area contributed by atoms with Crippen LogP contribution in [0.15, 0.2) is 0 Å². The molecule has 0 aliphatic rings. The minimum atomic E-state index is -3.72. The molecule has 0 fully saturated rings. The predicted molar refractivity (Wildman–Crippen MR) is 25.0 cm³/mol. The lowest BCUT2D eigenvalue weighted by Gasteiger charge is -2.03. The average molecular weight is 124 g/mol. The van der Waals surface area contributed by atoms with Crippen molar-refractivity contribution in [3.05, 3.63) is 0 Å². The van der Waals surface area contributed by atoms with E-state index in [-0.39, 0.29) is 6.04 Å². The second-order valence-corrected chi connectivity index (χ2v) is 3.43. The molecule has 0 aromatic heterocycles. The van der Waals surface area contributed by atoms with Crippen molar-refractivity contribution in [3.63, 3.8) is 0 Å². The minimum Gasteiger partial charge on any atom is -0.390 e. The lowest BCUT2D eigenvalue weighted by atomic mass is 10.8. The van der Waals surface area contributed by atoms with Gasteiger partial charge in [0.2, 0.25) is 0 Å². The van der Waals surface area contributed by atoms with Crippen molar-refractivity contribution >= 4 is 8.80 Å². The largest absolute Gasteiger partial charge is 0.498 e. The van der Waals surface area contributed by atoms with Crippen LogP contribution in [0.25, 0.3) is 0 Å². The fourth-order valence-corrected chi connectivity index (χ4v) is 0.712. The molecule has 0 heterocycles. The van der Waals surface area contributed by atoms with E-state index in [4.69, 9.17) is 14.4 Å². The van der Waals surface area contributed by atoms with Crippen molar-refractivity contribution in [1.29, 1.82) is 0 Å². The second kappa shape index (κ2) is 2.39. The highest BCUT2D eigenvalue weighted by atomic mass is 28.4. The van der Waals surface area contributed by atoms with Gasteiger partial charge in [-0.3, -0.25) is 0 Å². The van der Waals surface area contributed by atoms with Crippen LogP contribution in [0.1, 0.15) is 0 Å². The molecule has 0 atom stereocenters. The normalized spacial score (nSPS) is 12.0. The summed E-state index contributed by atoms with van der Waals surface area (Å²) in [4.78, 5) is 24.7. The predicted octanol–water partition coefficient (Wildman–Crippen LogP) is -2.86. The van der Waals surface area contributed by atoms with Crippen molar-refractivity contribution in [1.82, 2.24) is 0 Å². The molecule has 0 rings (SSSR count). The summed E-state index contributed by atoms with van der Waals surface area (Å²) in [5.41, 5.74) is 3.33. The third-order valence-electron chi connectivity index (χ3n) is 0.512. The Labute approximate surface area is 42.6 Å². The molecule has 0 amide bonds. The summed E-state index contributed by atoms with van der Waals surface area (Å²) >= 11 is 0. The zero-order chi connectivity index (χ0) is 5.91. The minimum absolute atomic E-state index is 0.0347. The van der Waals surface area contributed by atoms with Gasteiger partial charge in [-0.15, -0.1) is 0 Å². The second-order valence-electron chi connectivity index (χ2n) is 1.38. The Hall–Kier alpha value is 0.0569. The van der Waals surface area contributed by atoms with Crippen LogP contribution in [0.4, 0.5) is 0 Å². The molecule has 5 heteroatoms. The van der Waals surface area contributed by atoms with Gasteiger partial charge in [-0.25, -0.2) is 0 Å². The first-order chi connectivity index (χ1) is 3.06. The van der Waals surface area contributed by atoms with Gasteiger partial charge in [0, 0.05) is 0 Å². The summed E-state index contributed by atoms with van der Waals surface area (Å²) in [6.07, 6.45) is 0. The number of hydrogen-bond acceptors (Lipinski definition) is 3. The summed E-state index contributed by atoms with van der Waals surface area (Å²) in [5.74, 6) is 0. The molecule has 0 aliphatic carbocycles. The fraction of sp³-hybridized carbons (Fsp3) is 1.00. The Bertz CT molecular complexity index is 51.4. The molecule has 6 N–H and O–H groups in total. The van der Waals surface area contributed by atoms with Crippen LogP contribution < -0.4 is 5.73 Å². The van der Waals surface area contributed by atoms with E-state index in [1.807, 2.05) is 0 Å². The van der Waals surface area contributed by atoms with Crippen molar-refractivity contribution in [3.8, 4) is 0 Å². The molecule has 0 aromatic carbocycles. The van der Waals surface area contributed by atoms with E-state index in [2.05, 4.69) is 5.73 Å². The van der Waals surface area contributed by atoms with E-state index in [1.54, 1.807) is 0 Å². The lowest BCUT2D eigenvalue weighted by molar-refractivity contribution is -0.363. The molecule has 0 spiro atoms. The summed E-state index contributed by atoms with van der Waals surface area (Å²) < 4.78 is 0. The van der Waals surface area contributed by atoms with E-state index < -0.39 is 8.80 Å². The van der Waals surface area contributed by atoms with Gasteiger partial charge in [0.15, 0.2) is 0 Å². The van der Waals surface area contributed by atoms with Gasteiger partial charge in [-0.05, 0) is 0 Å². The van der Waals surface area contributed by atoms with Gasteiger partial charge < -0.3 is 20.1 Å². The smallest absolute Gasteiger partial charge is 0.390 e. The number of hydrogen-bond donors (Lipinski definition) is 4. The van der Waals surface area contributed by atoms with Crippen LogP contribution >= 0.6 is 0 Å². The van der Waals surface area contributed by atoms with Crippen LogP contribution in [0.5, 0.6) is 0 Å². The van der Waals surface area contributed by atoms with Crippen molar-refractivity contribution in [2.24, 2.45) is 0 Å². The van der Waals surface area contributed by atoms with E-state index in [0.29, 0.717) is 6.54 Å². The lowest BCUT2D eigenvalue weighted by Crippen LogP contribution is -2.54. The molecule has 0 unspecified atom stereocenters. The Morgan fingerprint density at radius 3 is 1.71 bits per heavy atom. The van der Waals surface area contributed by atoms with E-state index in [0.717, 1.165) is 0 Å². The first-order valence-corrected chi connectivity index (χ1v) is 4.07. The Morgan fingerprint density at radius 1 is 1.29 bits per heavy atom. The zero-order valence-corrected chi connectivity index (χ0v) is 4.96. The summed E-state index contributed by atoms with van der Waals surface area (Å²) in [5, 5.41) is 0. The Balaban J connectivity index is 3.15. The molecule has 4 nitrogen and oxygen atoms in total. The molecule has 0 aliphatic heterocycles. The number of rotatable bonds is 2. The molecule has 0 aromatic rings. The highest BCUT2D eigenvalue weighted by molar-refractivity contribution is 6.56. The van der Waals surface area contributed by atoms with E-state index in [1.165, 1.54) is 0 Å². The van der Waals surface area contributed by atoms with Crippen molar-refractivity contribution in [2.75, 3.05) is 6.54 Å². The molecule has 0 bridgehead atoms. The monoisotopic (exact) mass is 124 g/mol. The van der Waals surface area contributed by atoms with Crippen LogP contribution in [0.3, 0.4) is 0 Å². The molecule has 0 radical (unpaired) electrons. The number of quaternary nitrogens is 1. The maximum atomic E-state index is 8.23.